The first-order chi connectivity index (χ1) is 9.33. The van der Waals surface area contributed by atoms with Crippen molar-refractivity contribution in [1.82, 2.24) is 0 Å². The second kappa shape index (κ2) is 6.89. The summed E-state index contributed by atoms with van der Waals surface area (Å²) in [6.45, 7) is 2.20. The fourth-order valence-electron chi connectivity index (χ4n) is 2.27. The first-order valence-electron chi connectivity index (χ1n) is 7.00. The topological polar surface area (TPSA) is 17.1 Å². The lowest BCUT2D eigenvalue weighted by molar-refractivity contribution is 0.103. The number of hydrogen-bond donors (Lipinski definition) is 0. The quantitative estimate of drug-likeness (QED) is 0.540. The Kier molecular flexibility index (Phi) is 4.91. The Morgan fingerprint density at radius 2 is 1.58 bits per heavy atom. The zero-order chi connectivity index (χ0) is 13.5. The van der Waals surface area contributed by atoms with Gasteiger partial charge in [-0.3, -0.25) is 4.79 Å². The van der Waals surface area contributed by atoms with Crippen LogP contribution < -0.4 is 0 Å². The molecule has 1 nitrogen and oxygen atoms in total. The summed E-state index contributed by atoms with van der Waals surface area (Å²) in [4.78, 5) is 12.5. The van der Waals surface area contributed by atoms with Crippen LogP contribution in [0.4, 0.5) is 0 Å². The molecule has 0 aliphatic carbocycles. The number of rotatable bonds is 6. The second-order valence-corrected chi connectivity index (χ2v) is 4.81. The van der Waals surface area contributed by atoms with E-state index < -0.39 is 0 Å². The molecule has 0 aliphatic heterocycles. The van der Waals surface area contributed by atoms with Crippen molar-refractivity contribution in [3.05, 3.63) is 71.3 Å². The van der Waals surface area contributed by atoms with Gasteiger partial charge in [0.1, 0.15) is 0 Å². The van der Waals surface area contributed by atoms with E-state index in [4.69, 9.17) is 0 Å². The lowest BCUT2D eigenvalue weighted by Crippen LogP contribution is -2.05. The molecule has 2 aromatic rings. The fourth-order valence-corrected chi connectivity index (χ4v) is 2.27. The lowest BCUT2D eigenvalue weighted by Gasteiger charge is -2.08. The Morgan fingerprint density at radius 1 is 0.895 bits per heavy atom. The molecular formula is C18H20O. The first kappa shape index (κ1) is 13.5. The Bertz CT molecular complexity index is 528. The molecular weight excluding hydrogens is 232 g/mol. The van der Waals surface area contributed by atoms with Crippen LogP contribution in [0.5, 0.6) is 0 Å². The number of hydrogen-bond acceptors (Lipinski definition) is 1. The van der Waals surface area contributed by atoms with Crippen molar-refractivity contribution in [2.45, 2.75) is 32.6 Å². The van der Waals surface area contributed by atoms with Gasteiger partial charge in [-0.05, 0) is 18.4 Å². The van der Waals surface area contributed by atoms with E-state index in [9.17, 15) is 4.79 Å². The van der Waals surface area contributed by atoms with Gasteiger partial charge < -0.3 is 0 Å². The van der Waals surface area contributed by atoms with E-state index in [0.717, 1.165) is 24.0 Å². The zero-order valence-electron chi connectivity index (χ0n) is 11.4. The van der Waals surface area contributed by atoms with Crippen molar-refractivity contribution < 1.29 is 4.79 Å². The molecule has 0 aliphatic rings. The number of benzene rings is 2. The standard InChI is InChI=1S/C18H20O/c1-2-3-5-10-15-11-8-9-14-17(15)18(19)16-12-6-4-7-13-16/h4,6-9,11-14H,2-3,5,10H2,1H3. The highest BCUT2D eigenvalue weighted by Crippen LogP contribution is 2.17. The maximum atomic E-state index is 12.5. The summed E-state index contributed by atoms with van der Waals surface area (Å²) in [6.07, 6.45) is 4.56. The first-order valence-corrected chi connectivity index (χ1v) is 7.00. The van der Waals surface area contributed by atoms with E-state index in [0.29, 0.717) is 0 Å². The third kappa shape index (κ3) is 3.54. The molecule has 0 amide bonds. The van der Waals surface area contributed by atoms with Gasteiger partial charge >= 0.3 is 0 Å². The number of ketones is 1. The van der Waals surface area contributed by atoms with Gasteiger partial charge in [-0.15, -0.1) is 0 Å². The Morgan fingerprint density at radius 3 is 2.32 bits per heavy atom. The van der Waals surface area contributed by atoms with Gasteiger partial charge in [0, 0.05) is 11.1 Å². The van der Waals surface area contributed by atoms with Crippen LogP contribution in [0.2, 0.25) is 0 Å². The monoisotopic (exact) mass is 252 g/mol. The third-order valence-electron chi connectivity index (χ3n) is 3.35. The summed E-state index contributed by atoms with van der Waals surface area (Å²) >= 11 is 0. The molecule has 0 unspecified atom stereocenters. The molecule has 2 rings (SSSR count). The summed E-state index contributed by atoms with van der Waals surface area (Å²) < 4.78 is 0. The Hall–Kier alpha value is -1.89. The Labute approximate surface area is 115 Å². The smallest absolute Gasteiger partial charge is 0.193 e. The van der Waals surface area contributed by atoms with E-state index in [2.05, 4.69) is 13.0 Å². The molecule has 1 heteroatoms. The van der Waals surface area contributed by atoms with Crippen LogP contribution in [0.15, 0.2) is 54.6 Å². The van der Waals surface area contributed by atoms with Gasteiger partial charge in [-0.25, -0.2) is 0 Å². The molecule has 0 saturated carbocycles. The van der Waals surface area contributed by atoms with Crippen LogP contribution in [0, 0.1) is 0 Å². The number of unbranched alkanes of at least 4 members (excludes halogenated alkanes) is 2. The molecule has 19 heavy (non-hydrogen) atoms. The number of carbonyl (C=O) groups is 1. The molecule has 0 saturated heterocycles. The van der Waals surface area contributed by atoms with Crippen molar-refractivity contribution in [3.63, 3.8) is 0 Å². The average Bonchev–Trinajstić information content (AvgIpc) is 2.48. The van der Waals surface area contributed by atoms with Crippen LogP contribution in [-0.4, -0.2) is 5.78 Å². The van der Waals surface area contributed by atoms with E-state index in [1.165, 1.54) is 18.4 Å². The van der Waals surface area contributed by atoms with E-state index in [1.54, 1.807) is 0 Å². The van der Waals surface area contributed by atoms with Gasteiger partial charge in [-0.2, -0.15) is 0 Å². The predicted octanol–water partition coefficient (Wildman–Crippen LogP) is 4.65. The molecule has 0 radical (unpaired) electrons. The number of carbonyl (C=O) groups excluding carboxylic acids is 1. The van der Waals surface area contributed by atoms with Crippen molar-refractivity contribution in [2.24, 2.45) is 0 Å². The highest BCUT2D eigenvalue weighted by atomic mass is 16.1. The summed E-state index contributed by atoms with van der Waals surface area (Å²) in [5.74, 6) is 0.132. The second-order valence-electron chi connectivity index (χ2n) is 4.81. The van der Waals surface area contributed by atoms with E-state index >= 15 is 0 Å². The van der Waals surface area contributed by atoms with Crippen LogP contribution in [-0.2, 0) is 6.42 Å². The van der Waals surface area contributed by atoms with Gasteiger partial charge in [-0.1, -0.05) is 74.4 Å². The van der Waals surface area contributed by atoms with Crippen molar-refractivity contribution >= 4 is 5.78 Å². The van der Waals surface area contributed by atoms with Gasteiger partial charge in [0.15, 0.2) is 5.78 Å². The molecule has 98 valence electrons. The fraction of sp³-hybridized carbons (Fsp3) is 0.278. The van der Waals surface area contributed by atoms with Crippen LogP contribution in [0.3, 0.4) is 0 Å². The zero-order valence-corrected chi connectivity index (χ0v) is 11.4. The maximum absolute atomic E-state index is 12.5. The maximum Gasteiger partial charge on any atom is 0.193 e. The predicted molar refractivity (Wildman–Crippen MR) is 79.5 cm³/mol. The largest absolute Gasteiger partial charge is 0.289 e. The molecule has 0 atom stereocenters. The van der Waals surface area contributed by atoms with Crippen molar-refractivity contribution in [1.29, 1.82) is 0 Å². The summed E-state index contributed by atoms with van der Waals surface area (Å²) in [5, 5.41) is 0. The minimum atomic E-state index is 0.132. The van der Waals surface area contributed by atoms with Crippen LogP contribution in [0.25, 0.3) is 0 Å². The molecule has 0 aromatic heterocycles. The minimum absolute atomic E-state index is 0.132. The van der Waals surface area contributed by atoms with Gasteiger partial charge in [0.25, 0.3) is 0 Å². The summed E-state index contributed by atoms with van der Waals surface area (Å²) in [5.41, 5.74) is 2.79. The Balaban J connectivity index is 2.22. The average molecular weight is 252 g/mol. The normalized spacial score (nSPS) is 10.4. The molecule has 0 heterocycles. The molecule has 0 bridgehead atoms. The SMILES string of the molecule is CCCCCc1ccccc1C(=O)c1ccccc1. The summed E-state index contributed by atoms with van der Waals surface area (Å²) in [7, 11) is 0. The van der Waals surface area contributed by atoms with Crippen LogP contribution in [0.1, 0.15) is 47.7 Å². The highest BCUT2D eigenvalue weighted by Gasteiger charge is 2.12. The molecule has 0 fully saturated rings. The van der Waals surface area contributed by atoms with E-state index in [1.807, 2.05) is 48.5 Å². The molecule has 0 N–H and O–H groups in total. The van der Waals surface area contributed by atoms with Gasteiger partial charge in [0.2, 0.25) is 0 Å². The van der Waals surface area contributed by atoms with E-state index in [-0.39, 0.29) is 5.78 Å². The van der Waals surface area contributed by atoms with Crippen molar-refractivity contribution in [2.75, 3.05) is 0 Å². The minimum Gasteiger partial charge on any atom is -0.289 e. The third-order valence-corrected chi connectivity index (χ3v) is 3.35. The van der Waals surface area contributed by atoms with Crippen LogP contribution >= 0.6 is 0 Å². The highest BCUT2D eigenvalue weighted by molar-refractivity contribution is 6.09. The number of aryl methyl sites for hydroxylation is 1. The molecule has 2 aromatic carbocycles. The van der Waals surface area contributed by atoms with Crippen molar-refractivity contribution in [3.8, 4) is 0 Å². The summed E-state index contributed by atoms with van der Waals surface area (Å²) in [6, 6.07) is 17.5. The molecule has 0 spiro atoms. The lowest BCUT2D eigenvalue weighted by atomic mass is 9.95. The van der Waals surface area contributed by atoms with Gasteiger partial charge in [0.05, 0.1) is 0 Å².